The lowest BCUT2D eigenvalue weighted by atomic mass is 10.1. The summed E-state index contributed by atoms with van der Waals surface area (Å²) in [5.74, 6) is 0.904. The number of carbonyl (C=O) groups excluding carboxylic acids is 1. The minimum absolute atomic E-state index is 0.0222. The zero-order valence-electron chi connectivity index (χ0n) is 12.8. The molecule has 0 unspecified atom stereocenters. The number of hydrogen-bond donors (Lipinski definition) is 2. The van der Waals surface area contributed by atoms with Gasteiger partial charge in [0.05, 0.1) is 12.8 Å². The van der Waals surface area contributed by atoms with Crippen molar-refractivity contribution in [3.8, 4) is 5.75 Å². The minimum Gasteiger partial charge on any atom is -0.495 e. The third kappa shape index (κ3) is 5.48. The van der Waals surface area contributed by atoms with Crippen molar-refractivity contribution in [2.24, 2.45) is 0 Å². The van der Waals surface area contributed by atoms with Gasteiger partial charge in [-0.3, -0.25) is 4.79 Å². The largest absolute Gasteiger partial charge is 0.495 e. The zero-order valence-corrected chi connectivity index (χ0v) is 12.8. The molecule has 0 aliphatic heterocycles. The molecule has 0 saturated heterocycles. The monoisotopic (exact) mass is 279 g/mol. The Hall–Kier alpha value is -1.75. The molecule has 0 radical (unpaired) electrons. The Labute approximate surface area is 121 Å². The van der Waals surface area contributed by atoms with Crippen LogP contribution < -0.4 is 20.3 Å². The number of ether oxygens (including phenoxy) is 1. The molecule has 5 heteroatoms. The molecule has 1 aromatic rings. The maximum Gasteiger partial charge on any atom is 0.216 e. The normalized spacial score (nSPS) is 10.2. The number of hydrogen-bond acceptors (Lipinski definition) is 4. The molecule has 1 aromatic carbocycles. The highest BCUT2D eigenvalue weighted by Crippen LogP contribution is 2.27. The quantitative estimate of drug-likeness (QED) is 0.706. The van der Waals surface area contributed by atoms with Gasteiger partial charge in [-0.1, -0.05) is 6.07 Å². The SMILES string of the molecule is COc1cc(CNCCCNC(C)=O)ccc1N(C)C. The van der Waals surface area contributed by atoms with Crippen LogP contribution >= 0.6 is 0 Å². The summed E-state index contributed by atoms with van der Waals surface area (Å²) >= 11 is 0. The van der Waals surface area contributed by atoms with Gasteiger partial charge >= 0.3 is 0 Å². The third-order valence-electron chi connectivity index (χ3n) is 2.96. The average molecular weight is 279 g/mol. The Morgan fingerprint density at radius 3 is 2.65 bits per heavy atom. The van der Waals surface area contributed by atoms with E-state index in [2.05, 4.69) is 28.8 Å². The molecule has 0 heterocycles. The van der Waals surface area contributed by atoms with Crippen LogP contribution in [-0.2, 0) is 11.3 Å². The summed E-state index contributed by atoms with van der Waals surface area (Å²) in [6.07, 6.45) is 0.923. The molecule has 5 nitrogen and oxygen atoms in total. The lowest BCUT2D eigenvalue weighted by molar-refractivity contribution is -0.118. The van der Waals surface area contributed by atoms with E-state index in [1.165, 1.54) is 12.5 Å². The second-order valence-corrected chi connectivity index (χ2v) is 4.91. The van der Waals surface area contributed by atoms with E-state index in [1.807, 2.05) is 19.0 Å². The molecule has 0 aliphatic rings. The molecule has 0 bridgehead atoms. The van der Waals surface area contributed by atoms with Crippen LogP contribution in [0.2, 0.25) is 0 Å². The van der Waals surface area contributed by atoms with Gasteiger partial charge in [-0.15, -0.1) is 0 Å². The van der Waals surface area contributed by atoms with Gasteiger partial charge in [-0.25, -0.2) is 0 Å². The Morgan fingerprint density at radius 2 is 2.05 bits per heavy atom. The van der Waals surface area contributed by atoms with Crippen molar-refractivity contribution in [1.82, 2.24) is 10.6 Å². The number of benzene rings is 1. The maximum atomic E-state index is 10.7. The number of nitrogens with zero attached hydrogens (tertiary/aromatic N) is 1. The predicted molar refractivity (Wildman–Crippen MR) is 82.3 cm³/mol. The Bertz CT molecular complexity index is 433. The first-order valence-corrected chi connectivity index (χ1v) is 6.84. The van der Waals surface area contributed by atoms with E-state index in [4.69, 9.17) is 4.74 Å². The van der Waals surface area contributed by atoms with Crippen LogP contribution in [0.15, 0.2) is 18.2 Å². The zero-order chi connectivity index (χ0) is 15.0. The molecular formula is C15H25N3O2. The average Bonchev–Trinajstić information content (AvgIpc) is 2.41. The molecule has 0 spiro atoms. The molecule has 112 valence electrons. The highest BCUT2D eigenvalue weighted by atomic mass is 16.5. The van der Waals surface area contributed by atoms with Gasteiger partial charge in [-0.2, -0.15) is 0 Å². The highest BCUT2D eigenvalue weighted by Gasteiger charge is 2.05. The van der Waals surface area contributed by atoms with Crippen molar-refractivity contribution >= 4 is 11.6 Å². The van der Waals surface area contributed by atoms with Crippen LogP contribution in [0.3, 0.4) is 0 Å². The number of rotatable bonds is 8. The first kappa shape index (κ1) is 16.3. The van der Waals surface area contributed by atoms with E-state index in [-0.39, 0.29) is 5.91 Å². The fourth-order valence-corrected chi connectivity index (χ4v) is 1.91. The van der Waals surface area contributed by atoms with E-state index in [0.29, 0.717) is 6.54 Å². The molecular weight excluding hydrogens is 254 g/mol. The van der Waals surface area contributed by atoms with E-state index in [9.17, 15) is 4.79 Å². The van der Waals surface area contributed by atoms with Gasteiger partial charge in [0.1, 0.15) is 5.75 Å². The lowest BCUT2D eigenvalue weighted by Gasteiger charge is -2.17. The molecule has 1 amide bonds. The van der Waals surface area contributed by atoms with Crippen molar-refractivity contribution in [2.45, 2.75) is 19.9 Å². The summed E-state index contributed by atoms with van der Waals surface area (Å²) in [5.41, 5.74) is 2.26. The van der Waals surface area contributed by atoms with Crippen LogP contribution in [0.1, 0.15) is 18.9 Å². The topological polar surface area (TPSA) is 53.6 Å². The van der Waals surface area contributed by atoms with Crippen LogP contribution in [0.5, 0.6) is 5.75 Å². The van der Waals surface area contributed by atoms with Gasteiger partial charge < -0.3 is 20.3 Å². The fraction of sp³-hybridized carbons (Fsp3) is 0.533. The van der Waals surface area contributed by atoms with Gasteiger partial charge in [-0.05, 0) is 30.7 Å². The summed E-state index contributed by atoms with van der Waals surface area (Å²) in [4.78, 5) is 12.7. The number of methoxy groups -OCH3 is 1. The summed E-state index contributed by atoms with van der Waals surface area (Å²) in [5, 5.41) is 6.13. The van der Waals surface area contributed by atoms with Crippen LogP contribution in [0, 0.1) is 0 Å². The van der Waals surface area contributed by atoms with Crippen molar-refractivity contribution in [2.75, 3.05) is 39.2 Å². The Balaban J connectivity index is 2.39. The van der Waals surface area contributed by atoms with E-state index < -0.39 is 0 Å². The van der Waals surface area contributed by atoms with Crippen molar-refractivity contribution in [3.05, 3.63) is 23.8 Å². The number of anilines is 1. The maximum absolute atomic E-state index is 10.7. The van der Waals surface area contributed by atoms with Gasteiger partial charge in [0.25, 0.3) is 0 Å². The summed E-state index contributed by atoms with van der Waals surface area (Å²) in [6.45, 7) is 3.92. The predicted octanol–water partition coefficient (Wildman–Crippen LogP) is 1.38. The second kappa shape index (κ2) is 8.43. The third-order valence-corrected chi connectivity index (χ3v) is 2.96. The van der Waals surface area contributed by atoms with Crippen molar-refractivity contribution in [1.29, 1.82) is 0 Å². The number of amides is 1. The van der Waals surface area contributed by atoms with E-state index >= 15 is 0 Å². The van der Waals surface area contributed by atoms with Crippen LogP contribution in [-0.4, -0.2) is 40.2 Å². The summed E-state index contributed by atoms with van der Waals surface area (Å²) < 4.78 is 5.40. The molecule has 1 rings (SSSR count). The first-order chi connectivity index (χ1) is 9.54. The van der Waals surface area contributed by atoms with Gasteiger partial charge in [0.2, 0.25) is 5.91 Å². The molecule has 0 aliphatic carbocycles. The van der Waals surface area contributed by atoms with Gasteiger partial charge in [0, 0.05) is 34.1 Å². The molecule has 0 saturated carbocycles. The Kier molecular flexibility index (Phi) is 6.87. The summed E-state index contributed by atoms with van der Waals surface area (Å²) in [7, 11) is 5.68. The minimum atomic E-state index is 0.0222. The highest BCUT2D eigenvalue weighted by molar-refractivity contribution is 5.72. The van der Waals surface area contributed by atoms with Crippen molar-refractivity contribution < 1.29 is 9.53 Å². The molecule has 2 N–H and O–H groups in total. The second-order valence-electron chi connectivity index (χ2n) is 4.91. The van der Waals surface area contributed by atoms with E-state index in [1.54, 1.807) is 7.11 Å². The van der Waals surface area contributed by atoms with Gasteiger partial charge in [0.15, 0.2) is 0 Å². The molecule has 20 heavy (non-hydrogen) atoms. The fourth-order valence-electron chi connectivity index (χ4n) is 1.91. The molecule has 0 aromatic heterocycles. The smallest absolute Gasteiger partial charge is 0.216 e. The summed E-state index contributed by atoms with van der Waals surface area (Å²) in [6, 6.07) is 6.21. The molecule has 0 atom stereocenters. The first-order valence-electron chi connectivity index (χ1n) is 6.84. The Morgan fingerprint density at radius 1 is 1.30 bits per heavy atom. The van der Waals surface area contributed by atoms with Crippen LogP contribution in [0.25, 0.3) is 0 Å². The van der Waals surface area contributed by atoms with E-state index in [0.717, 1.165) is 30.9 Å². The van der Waals surface area contributed by atoms with Crippen LogP contribution in [0.4, 0.5) is 5.69 Å². The number of carbonyl (C=O) groups is 1. The van der Waals surface area contributed by atoms with Crippen molar-refractivity contribution in [3.63, 3.8) is 0 Å². The standard InChI is InChI=1S/C15H25N3O2/c1-12(19)17-9-5-8-16-11-13-6-7-14(18(2)3)15(10-13)20-4/h6-7,10,16H,5,8-9,11H2,1-4H3,(H,17,19). The molecule has 0 fully saturated rings. The number of nitrogens with one attached hydrogen (secondary N) is 2. The lowest BCUT2D eigenvalue weighted by Crippen LogP contribution is -2.25.